The molecule has 0 radical (unpaired) electrons. The van der Waals surface area contributed by atoms with Crippen LogP contribution in [0.25, 0.3) is 0 Å². The number of allylic oxidation sites excluding steroid dienone is 2. The van der Waals surface area contributed by atoms with E-state index in [0.717, 1.165) is 29.8 Å². The van der Waals surface area contributed by atoms with Crippen molar-refractivity contribution in [2.45, 2.75) is 12.8 Å². The number of nitrogen functional groups attached to an aromatic ring is 1. The number of nitrogens with two attached hydrogens (primary N) is 1. The van der Waals surface area contributed by atoms with Crippen LogP contribution in [0.5, 0.6) is 0 Å². The fraction of sp³-hybridized carbons (Fsp3) is 0.333. The van der Waals surface area contributed by atoms with Crippen LogP contribution >= 0.6 is 0 Å². The molecule has 4 N–H and O–H groups in total. The van der Waals surface area contributed by atoms with Gasteiger partial charge in [0.2, 0.25) is 5.91 Å². The van der Waals surface area contributed by atoms with Gasteiger partial charge in [0.1, 0.15) is 0 Å². The van der Waals surface area contributed by atoms with Crippen LogP contribution in [0.1, 0.15) is 18.4 Å². The second-order valence-corrected chi connectivity index (χ2v) is 6.95. The van der Waals surface area contributed by atoms with E-state index in [-0.39, 0.29) is 17.7 Å². The molecule has 8 heteroatoms. The number of anilines is 1. The zero-order valence-corrected chi connectivity index (χ0v) is 13.5. The Balaban J connectivity index is 0.000000338. The molecule has 2 aliphatic rings. The number of nitrogens with one attached hydrogen (secondary N) is 1. The highest BCUT2D eigenvalue weighted by Crippen LogP contribution is 2.31. The Labute approximate surface area is 135 Å². The third-order valence-electron chi connectivity index (χ3n) is 3.59. The molecule has 124 valence electrons. The molecular formula is C15H19N3O4S. The third-order valence-corrected chi connectivity index (χ3v) is 3.59. The number of hydrazone groups is 1. The molecule has 1 amide bonds. The van der Waals surface area contributed by atoms with Gasteiger partial charge in [-0.2, -0.15) is 13.5 Å². The Morgan fingerprint density at radius 3 is 2.48 bits per heavy atom. The minimum absolute atomic E-state index is 0.00364. The lowest BCUT2D eigenvalue weighted by molar-refractivity contribution is -0.126. The van der Waals surface area contributed by atoms with E-state index in [4.69, 9.17) is 10.3 Å². The maximum atomic E-state index is 11.8. The van der Waals surface area contributed by atoms with Crippen molar-refractivity contribution in [2.75, 3.05) is 12.0 Å². The maximum absolute atomic E-state index is 11.8. The second-order valence-electron chi connectivity index (χ2n) is 5.49. The number of fused-ring (bicyclic) bond motifs is 1. The van der Waals surface area contributed by atoms with E-state index >= 15 is 0 Å². The highest BCUT2D eigenvalue weighted by molar-refractivity contribution is 7.85. The molecule has 0 aromatic heterocycles. The second kappa shape index (κ2) is 6.93. The molecule has 0 bridgehead atoms. The molecule has 0 saturated carbocycles. The Kier molecular flexibility index (Phi) is 5.17. The van der Waals surface area contributed by atoms with Crippen LogP contribution in [0.2, 0.25) is 0 Å². The molecule has 1 aliphatic carbocycles. The van der Waals surface area contributed by atoms with Gasteiger partial charge >= 0.3 is 0 Å². The van der Waals surface area contributed by atoms with Gasteiger partial charge in [0.15, 0.2) is 0 Å². The standard InChI is InChI=1S/C14H15N3O.CH4O3S/c15-10-5-3-4-9(8-10)13-11-6-1-2-7-12(11)14(18)17-16-13;1-5(2,3)4/h1-5,8,11-12H,6-7,15H2,(H,17,18);1H3,(H,2,3,4). The summed E-state index contributed by atoms with van der Waals surface area (Å²) in [6.07, 6.45) is 6.57. The zero-order chi connectivity index (χ0) is 17.0. The molecule has 1 heterocycles. The first-order chi connectivity index (χ1) is 10.8. The van der Waals surface area contributed by atoms with Gasteiger partial charge in [-0.15, -0.1) is 0 Å². The van der Waals surface area contributed by atoms with Gasteiger partial charge in [-0.05, 0) is 25.0 Å². The van der Waals surface area contributed by atoms with Gasteiger partial charge in [0.05, 0.1) is 17.9 Å². The summed E-state index contributed by atoms with van der Waals surface area (Å²) in [5.41, 5.74) is 11.1. The predicted octanol–water partition coefficient (Wildman–Crippen LogP) is 1.19. The topological polar surface area (TPSA) is 122 Å². The van der Waals surface area contributed by atoms with Crippen molar-refractivity contribution in [3.8, 4) is 0 Å². The Hall–Kier alpha value is -2.19. The molecule has 1 aromatic carbocycles. The summed E-state index contributed by atoms with van der Waals surface area (Å²) in [7, 11) is -3.67. The Bertz CT molecular complexity index is 748. The van der Waals surface area contributed by atoms with E-state index in [0.29, 0.717) is 6.26 Å². The fourth-order valence-electron chi connectivity index (χ4n) is 2.66. The lowest BCUT2D eigenvalue weighted by Crippen LogP contribution is -2.42. The molecule has 7 nitrogen and oxygen atoms in total. The summed E-state index contributed by atoms with van der Waals surface area (Å²) in [6.45, 7) is 0. The van der Waals surface area contributed by atoms with Gasteiger partial charge in [0.25, 0.3) is 10.1 Å². The summed E-state index contributed by atoms with van der Waals surface area (Å²) in [4.78, 5) is 11.8. The lowest BCUT2D eigenvalue weighted by Gasteiger charge is -2.31. The van der Waals surface area contributed by atoms with Crippen molar-refractivity contribution in [3.05, 3.63) is 42.0 Å². The van der Waals surface area contributed by atoms with E-state index in [2.05, 4.69) is 22.7 Å². The van der Waals surface area contributed by atoms with Crippen LogP contribution in [-0.2, 0) is 14.9 Å². The normalized spacial score (nSPS) is 23.0. The number of hydrogen-bond donors (Lipinski definition) is 3. The number of hydrogen-bond acceptors (Lipinski definition) is 5. The Morgan fingerprint density at radius 1 is 1.26 bits per heavy atom. The van der Waals surface area contributed by atoms with Crippen molar-refractivity contribution < 1.29 is 17.8 Å². The summed E-state index contributed by atoms with van der Waals surface area (Å²) in [5.74, 6) is 0.200. The minimum Gasteiger partial charge on any atom is -0.399 e. The summed E-state index contributed by atoms with van der Waals surface area (Å²) in [5, 5.41) is 4.23. The van der Waals surface area contributed by atoms with Gasteiger partial charge in [-0.1, -0.05) is 24.3 Å². The first kappa shape index (κ1) is 17.2. The highest BCUT2D eigenvalue weighted by Gasteiger charge is 2.36. The molecule has 1 aromatic rings. The van der Waals surface area contributed by atoms with Crippen LogP contribution in [0.15, 0.2) is 41.5 Å². The Morgan fingerprint density at radius 2 is 1.87 bits per heavy atom. The molecule has 1 aliphatic heterocycles. The number of carbonyl (C=O) groups excluding carboxylic acids is 1. The van der Waals surface area contributed by atoms with Gasteiger partial charge in [-0.3, -0.25) is 9.35 Å². The van der Waals surface area contributed by atoms with E-state index in [1.165, 1.54) is 0 Å². The minimum atomic E-state index is -3.67. The van der Waals surface area contributed by atoms with Crippen molar-refractivity contribution in [1.29, 1.82) is 0 Å². The quantitative estimate of drug-likeness (QED) is 0.404. The lowest BCUT2D eigenvalue weighted by atomic mass is 9.77. The third kappa shape index (κ3) is 4.90. The zero-order valence-electron chi connectivity index (χ0n) is 12.6. The van der Waals surface area contributed by atoms with Crippen LogP contribution in [-0.4, -0.2) is 30.8 Å². The molecule has 2 atom stereocenters. The molecule has 0 saturated heterocycles. The monoisotopic (exact) mass is 337 g/mol. The fourth-order valence-corrected chi connectivity index (χ4v) is 2.66. The summed E-state index contributed by atoms with van der Waals surface area (Å²) < 4.78 is 25.9. The highest BCUT2D eigenvalue weighted by atomic mass is 32.2. The van der Waals surface area contributed by atoms with Crippen LogP contribution in [0, 0.1) is 11.8 Å². The van der Waals surface area contributed by atoms with Crippen molar-refractivity contribution in [1.82, 2.24) is 5.43 Å². The molecule has 3 rings (SSSR count). The van der Waals surface area contributed by atoms with Gasteiger partial charge < -0.3 is 5.73 Å². The largest absolute Gasteiger partial charge is 0.399 e. The molecular weight excluding hydrogens is 318 g/mol. The SMILES string of the molecule is CS(=O)(=O)O.Nc1cccc(C2=NNC(=O)C3CC=CCC23)c1. The summed E-state index contributed by atoms with van der Waals surface area (Å²) in [6, 6.07) is 7.66. The average Bonchev–Trinajstić information content (AvgIpc) is 2.46. The maximum Gasteiger partial charge on any atom is 0.261 e. The van der Waals surface area contributed by atoms with Crippen molar-refractivity contribution >= 4 is 27.4 Å². The summed E-state index contributed by atoms with van der Waals surface area (Å²) >= 11 is 0. The first-order valence-electron chi connectivity index (χ1n) is 7.06. The van der Waals surface area contributed by atoms with Crippen LogP contribution < -0.4 is 11.2 Å². The van der Waals surface area contributed by atoms with Crippen molar-refractivity contribution in [3.63, 3.8) is 0 Å². The van der Waals surface area contributed by atoms with Gasteiger partial charge in [0, 0.05) is 17.2 Å². The van der Waals surface area contributed by atoms with Crippen molar-refractivity contribution in [2.24, 2.45) is 16.9 Å². The van der Waals surface area contributed by atoms with E-state index in [1.807, 2.05) is 24.3 Å². The molecule has 0 spiro atoms. The number of benzene rings is 1. The van der Waals surface area contributed by atoms with E-state index < -0.39 is 10.1 Å². The average molecular weight is 337 g/mol. The number of carbonyl (C=O) groups is 1. The number of amides is 1. The predicted molar refractivity (Wildman–Crippen MR) is 88.4 cm³/mol. The molecule has 23 heavy (non-hydrogen) atoms. The van der Waals surface area contributed by atoms with Crippen LogP contribution in [0.4, 0.5) is 5.69 Å². The van der Waals surface area contributed by atoms with Crippen LogP contribution in [0.3, 0.4) is 0 Å². The number of nitrogens with zero attached hydrogens (tertiary/aromatic N) is 1. The van der Waals surface area contributed by atoms with E-state index in [9.17, 15) is 13.2 Å². The van der Waals surface area contributed by atoms with E-state index in [1.54, 1.807) is 0 Å². The molecule has 0 fully saturated rings. The smallest absolute Gasteiger partial charge is 0.261 e. The molecule has 2 unspecified atom stereocenters. The number of rotatable bonds is 1. The van der Waals surface area contributed by atoms with Gasteiger partial charge in [-0.25, -0.2) is 5.43 Å². The first-order valence-corrected chi connectivity index (χ1v) is 8.91.